The van der Waals surface area contributed by atoms with Crippen molar-refractivity contribution in [1.82, 2.24) is 4.90 Å². The third-order valence-electron chi connectivity index (χ3n) is 2.69. The van der Waals surface area contributed by atoms with E-state index in [9.17, 15) is 4.79 Å². The minimum absolute atomic E-state index is 0.00144. The molecule has 5 heteroatoms. The number of hydrogen-bond donors (Lipinski definition) is 2. The topological polar surface area (TPSA) is 75.8 Å². The van der Waals surface area contributed by atoms with Gasteiger partial charge >= 0.3 is 5.97 Å². The fourth-order valence-electron chi connectivity index (χ4n) is 1.61. The molecule has 0 radical (unpaired) electrons. The molecular weight excluding hydrogens is 196 g/mol. The van der Waals surface area contributed by atoms with E-state index in [0.717, 1.165) is 25.9 Å². The minimum Gasteiger partial charge on any atom is -0.461 e. The Bertz CT molecular complexity index is 203. The molecule has 0 amide bonds. The van der Waals surface area contributed by atoms with Gasteiger partial charge in [-0.05, 0) is 26.3 Å². The van der Waals surface area contributed by atoms with Crippen molar-refractivity contribution in [2.24, 2.45) is 5.73 Å². The van der Waals surface area contributed by atoms with E-state index in [-0.39, 0.29) is 19.1 Å². The molecule has 0 aromatic heterocycles. The van der Waals surface area contributed by atoms with Crippen molar-refractivity contribution < 1.29 is 14.6 Å². The number of ether oxygens (including phenoxy) is 1. The molecule has 3 N–H and O–H groups in total. The highest BCUT2D eigenvalue weighted by atomic mass is 16.5. The smallest absolute Gasteiger partial charge is 0.323 e. The van der Waals surface area contributed by atoms with Gasteiger partial charge in [-0.2, -0.15) is 0 Å². The number of aliphatic hydroxyl groups excluding tert-OH is 1. The maximum absolute atomic E-state index is 11.4. The van der Waals surface area contributed by atoms with Crippen molar-refractivity contribution in [2.75, 3.05) is 26.7 Å². The van der Waals surface area contributed by atoms with E-state index in [1.807, 2.05) is 0 Å². The van der Waals surface area contributed by atoms with Crippen LogP contribution in [0.1, 0.15) is 19.3 Å². The monoisotopic (exact) mass is 216 g/mol. The zero-order chi connectivity index (χ0) is 11.3. The number of nitrogens with two attached hydrogens (primary N) is 1. The Morgan fingerprint density at radius 3 is 2.73 bits per heavy atom. The van der Waals surface area contributed by atoms with E-state index in [0.29, 0.717) is 0 Å². The van der Waals surface area contributed by atoms with Crippen LogP contribution in [-0.4, -0.2) is 54.9 Å². The Hall–Kier alpha value is -0.650. The highest BCUT2D eigenvalue weighted by Crippen LogP contribution is 2.12. The molecule has 15 heavy (non-hydrogen) atoms. The Labute approximate surface area is 90.2 Å². The Morgan fingerprint density at radius 2 is 2.20 bits per heavy atom. The summed E-state index contributed by atoms with van der Waals surface area (Å²) in [4.78, 5) is 13.6. The van der Waals surface area contributed by atoms with Crippen LogP contribution in [0.25, 0.3) is 0 Å². The normalized spacial score (nSPS) is 21.3. The van der Waals surface area contributed by atoms with Crippen molar-refractivity contribution in [2.45, 2.75) is 31.4 Å². The molecule has 1 fully saturated rings. The van der Waals surface area contributed by atoms with Gasteiger partial charge in [-0.1, -0.05) is 0 Å². The van der Waals surface area contributed by atoms with Crippen LogP contribution in [0.15, 0.2) is 0 Å². The summed E-state index contributed by atoms with van der Waals surface area (Å²) in [7, 11) is 2.05. The Kier molecular flexibility index (Phi) is 5.01. The summed E-state index contributed by atoms with van der Waals surface area (Å²) in [5.74, 6) is -0.390. The molecule has 0 unspecified atom stereocenters. The lowest BCUT2D eigenvalue weighted by Crippen LogP contribution is -2.40. The van der Waals surface area contributed by atoms with Crippen LogP contribution >= 0.6 is 0 Å². The highest BCUT2D eigenvalue weighted by Gasteiger charge is 2.23. The summed E-state index contributed by atoms with van der Waals surface area (Å²) < 4.78 is 5.25. The zero-order valence-electron chi connectivity index (χ0n) is 9.19. The Morgan fingerprint density at radius 1 is 1.60 bits per heavy atom. The first-order valence-corrected chi connectivity index (χ1v) is 5.39. The van der Waals surface area contributed by atoms with Crippen molar-refractivity contribution in [3.63, 3.8) is 0 Å². The fraction of sp³-hybridized carbons (Fsp3) is 0.900. The summed E-state index contributed by atoms with van der Waals surface area (Å²) in [6.45, 7) is 1.82. The minimum atomic E-state index is -0.686. The second-order valence-electron chi connectivity index (χ2n) is 4.06. The average molecular weight is 216 g/mol. The molecule has 1 saturated heterocycles. The van der Waals surface area contributed by atoms with Gasteiger partial charge in [0.1, 0.15) is 12.1 Å². The van der Waals surface area contributed by atoms with Crippen molar-refractivity contribution in [3.8, 4) is 0 Å². The molecule has 88 valence electrons. The van der Waals surface area contributed by atoms with E-state index in [4.69, 9.17) is 15.6 Å². The average Bonchev–Trinajstić information content (AvgIpc) is 2.22. The van der Waals surface area contributed by atoms with Crippen LogP contribution in [0.3, 0.4) is 0 Å². The molecule has 1 aliphatic rings. The predicted molar refractivity (Wildman–Crippen MR) is 56.3 cm³/mol. The number of likely N-dealkylation sites (tertiary alicyclic amines) is 1. The van der Waals surface area contributed by atoms with Crippen LogP contribution in [-0.2, 0) is 9.53 Å². The van der Waals surface area contributed by atoms with Gasteiger partial charge in [-0.15, -0.1) is 0 Å². The molecule has 0 saturated carbocycles. The lowest BCUT2D eigenvalue weighted by atomic mass is 10.1. The number of hydrogen-bond acceptors (Lipinski definition) is 5. The summed E-state index contributed by atoms with van der Waals surface area (Å²) in [6.07, 6.45) is 2.01. The molecule has 0 aromatic rings. The van der Waals surface area contributed by atoms with Crippen LogP contribution in [0.5, 0.6) is 0 Å². The lowest BCUT2D eigenvalue weighted by molar-refractivity contribution is -0.153. The number of rotatable bonds is 4. The van der Waals surface area contributed by atoms with Gasteiger partial charge in [-0.25, -0.2) is 0 Å². The molecule has 0 aromatic carbocycles. The summed E-state index contributed by atoms with van der Waals surface area (Å²) in [5.41, 5.74) is 5.53. The van der Waals surface area contributed by atoms with E-state index in [1.165, 1.54) is 0 Å². The summed E-state index contributed by atoms with van der Waals surface area (Å²) in [6, 6.07) is -0.686. The number of carbonyl (C=O) groups excluding carboxylic acids is 1. The molecule has 1 rings (SSSR count). The molecule has 0 bridgehead atoms. The fourth-order valence-corrected chi connectivity index (χ4v) is 1.61. The molecule has 1 aliphatic heterocycles. The van der Waals surface area contributed by atoms with Gasteiger partial charge in [-0.3, -0.25) is 4.79 Å². The third-order valence-corrected chi connectivity index (χ3v) is 2.69. The largest absolute Gasteiger partial charge is 0.461 e. The van der Waals surface area contributed by atoms with Crippen LogP contribution in [0.4, 0.5) is 0 Å². The van der Waals surface area contributed by atoms with Gasteiger partial charge in [0.15, 0.2) is 0 Å². The first-order chi connectivity index (χ1) is 7.13. The first kappa shape index (κ1) is 12.4. The van der Waals surface area contributed by atoms with Crippen LogP contribution < -0.4 is 5.73 Å². The predicted octanol–water partition coefficient (Wildman–Crippen LogP) is -0.666. The zero-order valence-corrected chi connectivity index (χ0v) is 9.19. The van der Waals surface area contributed by atoms with E-state index < -0.39 is 12.0 Å². The highest BCUT2D eigenvalue weighted by molar-refractivity contribution is 5.75. The summed E-state index contributed by atoms with van der Waals surface area (Å²) in [5, 5.41) is 8.63. The number of nitrogens with zero attached hydrogens (tertiary/aromatic N) is 1. The van der Waals surface area contributed by atoms with Gasteiger partial charge in [0, 0.05) is 19.7 Å². The van der Waals surface area contributed by atoms with E-state index in [1.54, 1.807) is 0 Å². The quantitative estimate of drug-likeness (QED) is 0.610. The van der Waals surface area contributed by atoms with Crippen LogP contribution in [0, 0.1) is 0 Å². The van der Waals surface area contributed by atoms with Crippen molar-refractivity contribution in [3.05, 3.63) is 0 Å². The molecular formula is C10H20N2O3. The molecule has 1 atom stereocenters. The standard InChI is InChI=1S/C10H20N2O3/c1-12-5-2-8(3-6-12)15-10(14)9(11)4-7-13/h8-9,13H,2-7,11H2,1H3/t9-/m1/s1. The number of esters is 1. The van der Waals surface area contributed by atoms with Gasteiger partial charge in [0.25, 0.3) is 0 Å². The molecule has 0 spiro atoms. The third kappa shape index (κ3) is 4.15. The second kappa shape index (κ2) is 6.05. The van der Waals surface area contributed by atoms with Crippen molar-refractivity contribution in [1.29, 1.82) is 0 Å². The second-order valence-corrected chi connectivity index (χ2v) is 4.06. The van der Waals surface area contributed by atoms with Crippen LogP contribution in [0.2, 0.25) is 0 Å². The molecule has 5 nitrogen and oxygen atoms in total. The Balaban J connectivity index is 2.25. The van der Waals surface area contributed by atoms with E-state index >= 15 is 0 Å². The van der Waals surface area contributed by atoms with Crippen molar-refractivity contribution >= 4 is 5.97 Å². The summed E-state index contributed by atoms with van der Waals surface area (Å²) >= 11 is 0. The first-order valence-electron chi connectivity index (χ1n) is 5.39. The number of carbonyl (C=O) groups is 1. The lowest BCUT2D eigenvalue weighted by Gasteiger charge is -2.29. The molecule has 0 aliphatic carbocycles. The SMILES string of the molecule is CN1CCC(OC(=O)[C@H](N)CCO)CC1. The van der Waals surface area contributed by atoms with Gasteiger partial charge < -0.3 is 20.5 Å². The maximum Gasteiger partial charge on any atom is 0.323 e. The molecule has 1 heterocycles. The van der Waals surface area contributed by atoms with Gasteiger partial charge in [0.05, 0.1) is 0 Å². The van der Waals surface area contributed by atoms with E-state index in [2.05, 4.69) is 11.9 Å². The number of aliphatic hydroxyl groups is 1. The maximum atomic E-state index is 11.4. The van der Waals surface area contributed by atoms with Gasteiger partial charge in [0.2, 0.25) is 0 Å². The number of piperidine rings is 1.